The Morgan fingerprint density at radius 1 is 1.28 bits per heavy atom. The van der Waals surface area contributed by atoms with Gasteiger partial charge in [0.2, 0.25) is 12.7 Å². The average Bonchev–Trinajstić information content (AvgIpc) is 3.21. The minimum atomic E-state index is -4.50. The van der Waals surface area contributed by atoms with Gasteiger partial charge in [0.15, 0.2) is 0 Å². The lowest BCUT2D eigenvalue weighted by Crippen LogP contribution is -2.28. The fourth-order valence-electron chi connectivity index (χ4n) is 3.02. The summed E-state index contributed by atoms with van der Waals surface area (Å²) in [6.07, 6.45) is 0.639. The number of carbonyl (C=O) groups is 2. The first-order valence-corrected chi connectivity index (χ1v) is 13.6. The van der Waals surface area contributed by atoms with E-state index < -0.39 is 38.7 Å². The molecule has 0 aliphatic carbocycles. The summed E-state index contributed by atoms with van der Waals surface area (Å²) >= 11 is 7.53. The van der Waals surface area contributed by atoms with Crippen molar-refractivity contribution in [3.05, 3.63) is 70.2 Å². The molecule has 0 spiro atoms. The van der Waals surface area contributed by atoms with Crippen molar-refractivity contribution in [3.63, 3.8) is 0 Å². The molecule has 1 atom stereocenters. The molecular weight excluding hydrogens is 527 g/mol. The summed E-state index contributed by atoms with van der Waals surface area (Å²) < 4.78 is 27.5. The molecule has 36 heavy (non-hydrogen) atoms. The van der Waals surface area contributed by atoms with Crippen LogP contribution in [0, 0.1) is 11.3 Å². The van der Waals surface area contributed by atoms with E-state index in [9.17, 15) is 19.0 Å². The molecule has 1 amide bonds. The van der Waals surface area contributed by atoms with Gasteiger partial charge >= 0.3 is 13.8 Å². The van der Waals surface area contributed by atoms with Gasteiger partial charge in [0.1, 0.15) is 6.16 Å². The van der Waals surface area contributed by atoms with Crippen molar-refractivity contribution < 1.29 is 33.0 Å². The summed E-state index contributed by atoms with van der Waals surface area (Å²) in [6.45, 7) is 2.36. The summed E-state index contributed by atoms with van der Waals surface area (Å²) in [7, 11) is -4.50. The Morgan fingerprint density at radius 3 is 2.78 bits per heavy atom. The molecular formula is C24H22ClN2O7PS. The number of carbonyl (C=O) groups excluding carboxylic acids is 2. The first-order valence-electron chi connectivity index (χ1n) is 10.5. The first-order chi connectivity index (χ1) is 17.1. The Labute approximate surface area is 216 Å². The first kappa shape index (κ1) is 27.4. The number of hydrogen-bond acceptors (Lipinski definition) is 8. The average molecular weight is 549 g/mol. The Hall–Kier alpha value is -3.19. The highest BCUT2D eigenvalue weighted by Gasteiger charge is 2.29. The van der Waals surface area contributed by atoms with Crippen LogP contribution in [0.5, 0.6) is 0 Å². The van der Waals surface area contributed by atoms with Crippen LogP contribution in [-0.2, 0) is 23.4 Å². The molecule has 0 radical (unpaired) electrons. The van der Waals surface area contributed by atoms with E-state index in [4.69, 9.17) is 26.1 Å². The predicted molar refractivity (Wildman–Crippen MR) is 138 cm³/mol. The van der Waals surface area contributed by atoms with Gasteiger partial charge in [0.05, 0.1) is 23.4 Å². The molecule has 1 heterocycles. The normalized spacial score (nSPS) is 12.9. The summed E-state index contributed by atoms with van der Waals surface area (Å²) in [4.78, 5) is 36.1. The third-order valence-electron chi connectivity index (χ3n) is 4.57. The number of hydrogen-bond donors (Lipinski definition) is 1. The van der Waals surface area contributed by atoms with Gasteiger partial charge in [-0.15, -0.1) is 11.3 Å². The Bertz CT molecular complexity index is 1380. The van der Waals surface area contributed by atoms with Crippen LogP contribution in [0.4, 0.5) is 10.5 Å². The minimum absolute atomic E-state index is 0.437. The van der Waals surface area contributed by atoms with E-state index in [0.29, 0.717) is 27.2 Å². The third kappa shape index (κ3) is 7.65. The smallest absolute Gasteiger partial charge is 0.432 e. The standard InChI is InChI=1S/C24H22ClN2O7PS/c1-16(2)34-24(29)32-15-33-35(30,31)13-23(28)27(9-8-17-4-3-5-18(10-17)12-26)21-14-36-22-7-6-19(25)11-20(21)22/h3-11,14,16H,13,15H2,1-2H3,(H,30,31)/b9-8+. The van der Waals surface area contributed by atoms with Gasteiger partial charge in [-0.25, -0.2) is 4.79 Å². The lowest BCUT2D eigenvalue weighted by atomic mass is 10.1. The van der Waals surface area contributed by atoms with E-state index in [1.807, 2.05) is 12.1 Å². The molecule has 0 aliphatic rings. The van der Waals surface area contributed by atoms with E-state index in [1.165, 1.54) is 22.4 Å². The number of halogens is 1. The van der Waals surface area contributed by atoms with Crippen molar-refractivity contribution in [2.75, 3.05) is 17.9 Å². The summed E-state index contributed by atoms with van der Waals surface area (Å²) in [5.74, 6) is -0.752. The second-order valence-electron chi connectivity index (χ2n) is 7.68. The number of ether oxygens (including phenoxy) is 2. The second kappa shape index (κ2) is 12.2. The van der Waals surface area contributed by atoms with Crippen molar-refractivity contribution in [1.29, 1.82) is 5.26 Å². The monoisotopic (exact) mass is 548 g/mol. The molecule has 0 saturated carbocycles. The van der Waals surface area contributed by atoms with Gasteiger partial charge in [0, 0.05) is 26.7 Å². The topological polar surface area (TPSA) is 126 Å². The molecule has 0 saturated heterocycles. The Balaban J connectivity index is 1.84. The number of benzene rings is 2. The number of fused-ring (bicyclic) bond motifs is 1. The Kier molecular flexibility index (Phi) is 9.26. The van der Waals surface area contributed by atoms with Crippen molar-refractivity contribution in [1.82, 2.24) is 0 Å². The molecule has 12 heteroatoms. The van der Waals surface area contributed by atoms with Crippen LogP contribution < -0.4 is 4.90 Å². The van der Waals surface area contributed by atoms with Gasteiger partial charge in [-0.3, -0.25) is 18.8 Å². The maximum atomic E-state index is 13.2. The van der Waals surface area contributed by atoms with Crippen LogP contribution in [0.25, 0.3) is 16.2 Å². The van der Waals surface area contributed by atoms with Crippen LogP contribution >= 0.6 is 30.5 Å². The SMILES string of the molecule is CC(C)OC(=O)OCOP(=O)(O)CC(=O)N(/C=C/c1cccc(C#N)c1)c1csc2ccc(Cl)cc12. The van der Waals surface area contributed by atoms with Crippen molar-refractivity contribution in [3.8, 4) is 6.07 Å². The minimum Gasteiger partial charge on any atom is -0.432 e. The molecule has 188 valence electrons. The second-order valence-corrected chi connectivity index (χ2v) is 10.9. The van der Waals surface area contributed by atoms with E-state index >= 15 is 0 Å². The highest BCUT2D eigenvalue weighted by atomic mass is 35.5. The maximum Gasteiger partial charge on any atom is 0.510 e. The number of rotatable bonds is 9. The summed E-state index contributed by atoms with van der Waals surface area (Å²) in [5.41, 5.74) is 1.53. The van der Waals surface area contributed by atoms with Crippen molar-refractivity contribution in [2.24, 2.45) is 0 Å². The van der Waals surface area contributed by atoms with E-state index in [0.717, 1.165) is 4.70 Å². The number of anilines is 1. The van der Waals surface area contributed by atoms with Gasteiger partial charge in [-0.2, -0.15) is 5.26 Å². The highest BCUT2D eigenvalue weighted by Crippen LogP contribution is 2.43. The van der Waals surface area contributed by atoms with E-state index in [1.54, 1.807) is 61.7 Å². The fraction of sp³-hybridized carbons (Fsp3) is 0.208. The quantitative estimate of drug-likeness (QED) is 0.192. The maximum absolute atomic E-state index is 13.2. The van der Waals surface area contributed by atoms with E-state index in [-0.39, 0.29) is 0 Å². The zero-order valence-corrected chi connectivity index (χ0v) is 21.8. The molecule has 1 N–H and O–H groups in total. The molecule has 1 aromatic heterocycles. The number of nitriles is 1. The van der Waals surface area contributed by atoms with E-state index in [2.05, 4.69) is 4.74 Å². The highest BCUT2D eigenvalue weighted by molar-refractivity contribution is 7.53. The molecule has 1 unspecified atom stereocenters. The lowest BCUT2D eigenvalue weighted by Gasteiger charge is -2.20. The fourth-order valence-corrected chi connectivity index (χ4v) is 4.91. The molecule has 0 aliphatic heterocycles. The molecule has 2 aromatic carbocycles. The van der Waals surface area contributed by atoms with Crippen LogP contribution in [-0.4, -0.2) is 36.0 Å². The zero-order chi connectivity index (χ0) is 26.3. The van der Waals surface area contributed by atoms with Crippen LogP contribution in [0.3, 0.4) is 0 Å². The Morgan fingerprint density at radius 2 is 2.06 bits per heavy atom. The van der Waals surface area contributed by atoms with Crippen molar-refractivity contribution in [2.45, 2.75) is 20.0 Å². The largest absolute Gasteiger partial charge is 0.510 e. The van der Waals surface area contributed by atoms with Crippen LogP contribution in [0.2, 0.25) is 5.02 Å². The molecule has 0 bridgehead atoms. The van der Waals surface area contributed by atoms with Crippen molar-refractivity contribution >= 4 is 64.4 Å². The lowest BCUT2D eigenvalue weighted by molar-refractivity contribution is -0.115. The zero-order valence-electron chi connectivity index (χ0n) is 19.3. The molecule has 3 rings (SSSR count). The van der Waals surface area contributed by atoms with Crippen LogP contribution in [0.1, 0.15) is 25.0 Å². The third-order valence-corrected chi connectivity index (χ3v) is 6.94. The molecule has 0 fully saturated rings. The van der Waals surface area contributed by atoms with Gasteiger partial charge in [-0.1, -0.05) is 23.7 Å². The number of amides is 1. The van der Waals surface area contributed by atoms with Crippen LogP contribution in [0.15, 0.2) is 54.0 Å². The van der Waals surface area contributed by atoms with Gasteiger partial charge in [0.25, 0.3) is 0 Å². The number of nitrogens with zero attached hydrogens (tertiary/aromatic N) is 2. The van der Waals surface area contributed by atoms with Gasteiger partial charge < -0.3 is 14.4 Å². The molecule has 3 aromatic rings. The predicted octanol–water partition coefficient (Wildman–Crippen LogP) is 6.15. The summed E-state index contributed by atoms with van der Waals surface area (Å²) in [5, 5.41) is 12.0. The number of thiophene rings is 1. The molecule has 9 nitrogen and oxygen atoms in total. The van der Waals surface area contributed by atoms with Gasteiger partial charge in [-0.05, 0) is 55.8 Å². The summed E-state index contributed by atoms with van der Waals surface area (Å²) in [6, 6.07) is 14.0.